The van der Waals surface area contributed by atoms with E-state index in [9.17, 15) is 9.18 Å². The maximum Gasteiger partial charge on any atom is 0.308 e. The molecule has 0 N–H and O–H groups in total. The second-order valence-electron chi connectivity index (χ2n) is 4.37. The normalized spacial score (nSPS) is 10.2. The van der Waals surface area contributed by atoms with Gasteiger partial charge in [-0.2, -0.15) is 0 Å². The summed E-state index contributed by atoms with van der Waals surface area (Å²) in [4.78, 5) is 11.1. The zero-order chi connectivity index (χ0) is 14.5. The number of benzene rings is 2. The molecule has 0 radical (unpaired) electrons. The van der Waals surface area contributed by atoms with Gasteiger partial charge in [0, 0.05) is 12.5 Å². The van der Waals surface area contributed by atoms with Crippen molar-refractivity contribution in [3.8, 4) is 11.5 Å². The molecular weight excluding hydrogens is 259 g/mol. The molecule has 2 rings (SSSR count). The number of hydrogen-bond acceptors (Lipinski definition) is 3. The summed E-state index contributed by atoms with van der Waals surface area (Å²) in [5.41, 5.74) is 1.27. The first kappa shape index (κ1) is 14.1. The number of carbonyl (C=O) groups excluding carboxylic acids is 1. The average molecular weight is 274 g/mol. The van der Waals surface area contributed by atoms with E-state index in [1.165, 1.54) is 19.1 Å². The van der Waals surface area contributed by atoms with E-state index in [4.69, 9.17) is 9.47 Å². The summed E-state index contributed by atoms with van der Waals surface area (Å²) in [6.07, 6.45) is 0. The number of esters is 1. The van der Waals surface area contributed by atoms with Crippen LogP contribution in [0.3, 0.4) is 0 Å². The Balaban J connectivity index is 2.24. The van der Waals surface area contributed by atoms with Crippen LogP contribution in [0.25, 0.3) is 0 Å². The zero-order valence-corrected chi connectivity index (χ0v) is 11.4. The molecule has 0 fully saturated rings. The highest BCUT2D eigenvalue weighted by Gasteiger charge is 2.14. The Morgan fingerprint density at radius 2 is 1.85 bits per heavy atom. The molecule has 2 aromatic rings. The van der Waals surface area contributed by atoms with E-state index in [1.54, 1.807) is 6.92 Å². The summed E-state index contributed by atoms with van der Waals surface area (Å²) < 4.78 is 24.3. The van der Waals surface area contributed by atoms with Gasteiger partial charge in [0.2, 0.25) is 0 Å². The van der Waals surface area contributed by atoms with Crippen molar-refractivity contribution >= 4 is 5.97 Å². The summed E-state index contributed by atoms with van der Waals surface area (Å²) in [5.74, 6) is -0.388. The Bertz CT molecular complexity index is 609. The lowest BCUT2D eigenvalue weighted by Gasteiger charge is -2.14. The van der Waals surface area contributed by atoms with Crippen molar-refractivity contribution in [3.63, 3.8) is 0 Å². The lowest BCUT2D eigenvalue weighted by Crippen LogP contribution is -2.06. The van der Waals surface area contributed by atoms with Crippen molar-refractivity contribution in [1.82, 2.24) is 0 Å². The van der Waals surface area contributed by atoms with Gasteiger partial charge in [0.05, 0.1) is 0 Å². The first-order valence-electron chi connectivity index (χ1n) is 6.22. The minimum Gasteiger partial charge on any atom is -0.485 e. The molecule has 2 aromatic carbocycles. The van der Waals surface area contributed by atoms with Gasteiger partial charge in [0.15, 0.2) is 11.5 Å². The molecular formula is C16H15FO3. The van der Waals surface area contributed by atoms with Crippen LogP contribution in [0.5, 0.6) is 11.5 Å². The Kier molecular flexibility index (Phi) is 4.35. The third-order valence-corrected chi connectivity index (χ3v) is 2.78. The van der Waals surface area contributed by atoms with Gasteiger partial charge in [-0.25, -0.2) is 4.39 Å². The number of halogens is 1. The lowest BCUT2D eigenvalue weighted by molar-refractivity contribution is -0.132. The summed E-state index contributed by atoms with van der Waals surface area (Å²) in [6.45, 7) is 3.15. The van der Waals surface area contributed by atoms with Gasteiger partial charge in [-0.3, -0.25) is 4.79 Å². The summed E-state index contributed by atoms with van der Waals surface area (Å²) in [6, 6.07) is 12.1. The molecule has 104 valence electrons. The first-order valence-corrected chi connectivity index (χ1v) is 6.22. The molecule has 0 unspecified atom stereocenters. The van der Waals surface area contributed by atoms with Gasteiger partial charge in [-0.1, -0.05) is 30.3 Å². The maximum atomic E-state index is 13.6. The van der Waals surface area contributed by atoms with Gasteiger partial charge >= 0.3 is 5.97 Å². The van der Waals surface area contributed by atoms with Crippen LogP contribution in [0.4, 0.5) is 4.39 Å². The van der Waals surface area contributed by atoms with Crippen LogP contribution in [0.15, 0.2) is 42.5 Å². The molecule has 0 bridgehead atoms. The number of rotatable bonds is 4. The van der Waals surface area contributed by atoms with Gasteiger partial charge in [-0.15, -0.1) is 0 Å². The third kappa shape index (κ3) is 3.35. The fourth-order valence-electron chi connectivity index (χ4n) is 1.79. The predicted octanol–water partition coefficient (Wildman–Crippen LogP) is 3.64. The van der Waals surface area contributed by atoms with E-state index in [1.807, 2.05) is 30.3 Å². The van der Waals surface area contributed by atoms with Gasteiger partial charge < -0.3 is 9.47 Å². The van der Waals surface area contributed by atoms with Gasteiger partial charge in [-0.05, 0) is 24.6 Å². The molecule has 0 spiro atoms. The van der Waals surface area contributed by atoms with Crippen molar-refractivity contribution in [1.29, 1.82) is 0 Å². The molecule has 0 atom stereocenters. The number of hydrogen-bond donors (Lipinski definition) is 0. The van der Waals surface area contributed by atoms with Crippen LogP contribution >= 0.6 is 0 Å². The SMILES string of the molecule is CC(=O)Oc1ccc(F)c(C)c1OCc1ccccc1. The highest BCUT2D eigenvalue weighted by Crippen LogP contribution is 2.33. The molecule has 20 heavy (non-hydrogen) atoms. The van der Waals surface area contributed by atoms with Crippen LogP contribution in [-0.2, 0) is 11.4 Å². The fraction of sp³-hybridized carbons (Fsp3) is 0.188. The molecule has 0 heterocycles. The number of ether oxygens (including phenoxy) is 2. The molecule has 0 aromatic heterocycles. The minimum absolute atomic E-state index is 0.229. The summed E-state index contributed by atoms with van der Waals surface area (Å²) in [5, 5.41) is 0. The molecule has 0 saturated carbocycles. The van der Waals surface area contributed by atoms with Gasteiger partial charge in [0.1, 0.15) is 12.4 Å². The summed E-state index contributed by atoms with van der Waals surface area (Å²) >= 11 is 0. The minimum atomic E-state index is -0.472. The topological polar surface area (TPSA) is 35.5 Å². The van der Waals surface area contributed by atoms with E-state index in [-0.39, 0.29) is 18.1 Å². The van der Waals surface area contributed by atoms with Crippen molar-refractivity contribution < 1.29 is 18.7 Å². The molecule has 3 nitrogen and oxygen atoms in total. The second-order valence-corrected chi connectivity index (χ2v) is 4.37. The summed E-state index contributed by atoms with van der Waals surface area (Å²) in [7, 11) is 0. The van der Waals surface area contributed by atoms with Gasteiger partial charge in [0.25, 0.3) is 0 Å². The van der Waals surface area contributed by atoms with Crippen LogP contribution in [-0.4, -0.2) is 5.97 Å². The smallest absolute Gasteiger partial charge is 0.308 e. The standard InChI is InChI=1S/C16H15FO3/c1-11-14(17)8-9-15(20-12(2)18)16(11)19-10-13-6-4-3-5-7-13/h3-9H,10H2,1-2H3. The quantitative estimate of drug-likeness (QED) is 0.630. The van der Waals surface area contributed by atoms with Crippen molar-refractivity contribution in [2.24, 2.45) is 0 Å². The first-order chi connectivity index (χ1) is 9.58. The molecule has 0 saturated heterocycles. The Labute approximate surface area is 117 Å². The van der Waals surface area contributed by atoms with Crippen molar-refractivity contribution in [2.45, 2.75) is 20.5 Å². The lowest BCUT2D eigenvalue weighted by atomic mass is 10.2. The monoisotopic (exact) mass is 274 g/mol. The highest BCUT2D eigenvalue weighted by atomic mass is 19.1. The van der Waals surface area contributed by atoms with E-state index in [0.717, 1.165) is 5.56 Å². The predicted molar refractivity (Wildman–Crippen MR) is 73.2 cm³/mol. The van der Waals surface area contributed by atoms with E-state index in [0.29, 0.717) is 5.56 Å². The van der Waals surface area contributed by atoms with Crippen LogP contribution in [0.2, 0.25) is 0 Å². The Morgan fingerprint density at radius 3 is 2.50 bits per heavy atom. The van der Waals surface area contributed by atoms with Crippen molar-refractivity contribution in [2.75, 3.05) is 0 Å². The maximum absolute atomic E-state index is 13.6. The van der Waals surface area contributed by atoms with Crippen LogP contribution in [0.1, 0.15) is 18.1 Å². The van der Waals surface area contributed by atoms with E-state index >= 15 is 0 Å². The Hall–Kier alpha value is -2.36. The fourth-order valence-corrected chi connectivity index (χ4v) is 1.79. The van der Waals surface area contributed by atoms with Crippen LogP contribution in [0, 0.1) is 12.7 Å². The van der Waals surface area contributed by atoms with E-state index in [2.05, 4.69) is 0 Å². The zero-order valence-electron chi connectivity index (χ0n) is 11.4. The Morgan fingerprint density at radius 1 is 1.15 bits per heavy atom. The molecule has 0 aliphatic heterocycles. The average Bonchev–Trinajstić information content (AvgIpc) is 2.43. The van der Waals surface area contributed by atoms with Crippen LogP contribution < -0.4 is 9.47 Å². The highest BCUT2D eigenvalue weighted by molar-refractivity contribution is 5.70. The molecule has 0 aliphatic carbocycles. The third-order valence-electron chi connectivity index (χ3n) is 2.78. The van der Waals surface area contributed by atoms with E-state index < -0.39 is 11.8 Å². The molecule has 0 amide bonds. The largest absolute Gasteiger partial charge is 0.485 e. The second kappa shape index (κ2) is 6.19. The molecule has 0 aliphatic rings. The molecule has 4 heteroatoms. The number of carbonyl (C=O) groups is 1. The van der Waals surface area contributed by atoms with Crippen molar-refractivity contribution in [3.05, 3.63) is 59.4 Å².